The highest BCUT2D eigenvalue weighted by atomic mass is 32.1. The number of aliphatic carboxylic acids is 1. The number of hydrogen-bond acceptors (Lipinski definition) is 6. The van der Waals surface area contributed by atoms with Crippen molar-refractivity contribution in [3.63, 3.8) is 0 Å². The molecule has 26 heavy (non-hydrogen) atoms. The number of likely N-dealkylation sites (tertiary alicyclic amines) is 2. The van der Waals surface area contributed by atoms with Crippen LogP contribution in [0.1, 0.15) is 23.3 Å². The second-order valence-electron chi connectivity index (χ2n) is 5.92. The highest BCUT2D eigenvalue weighted by Crippen LogP contribution is 2.32. The Labute approximate surface area is 152 Å². The first-order chi connectivity index (χ1) is 12.3. The average Bonchev–Trinajstić information content (AvgIpc) is 3.29. The first-order valence-corrected chi connectivity index (χ1v) is 8.92. The maximum atomic E-state index is 12.4. The van der Waals surface area contributed by atoms with Crippen LogP contribution in [0, 0.1) is 0 Å². The molecule has 0 spiro atoms. The van der Waals surface area contributed by atoms with Gasteiger partial charge in [0, 0.05) is 44.2 Å². The Morgan fingerprint density at radius 3 is 2.54 bits per heavy atom. The Bertz CT molecular complexity index is 612. The number of carbonyl (C=O) groups is 2. The molecule has 0 aromatic carbocycles. The topological polar surface area (TPSA) is 83.0 Å². The molecule has 0 bridgehead atoms. The lowest BCUT2D eigenvalue weighted by atomic mass is 10.1. The highest BCUT2D eigenvalue weighted by molar-refractivity contribution is 7.07. The standard InChI is InChI=1S/C13H19N3O2S.C2HF3O2/c1-18-7-6-15-4-2-12-11(15)3-5-16(12)13(17)10-8-19-9-14-10;3-2(4,5)1(6)7/h8-9,11-12H,2-7H2,1H3;(H,6,7). The number of thiazole rings is 1. The fraction of sp³-hybridized carbons (Fsp3) is 0.667. The fourth-order valence-corrected chi connectivity index (χ4v) is 3.80. The largest absolute Gasteiger partial charge is 0.490 e. The monoisotopic (exact) mass is 395 g/mol. The number of carboxylic acid groups (broad SMARTS) is 1. The minimum Gasteiger partial charge on any atom is -0.475 e. The molecule has 1 amide bonds. The second kappa shape index (κ2) is 8.78. The van der Waals surface area contributed by atoms with Crippen LogP contribution in [0.3, 0.4) is 0 Å². The predicted molar refractivity (Wildman–Crippen MR) is 87.1 cm³/mol. The van der Waals surface area contributed by atoms with Gasteiger partial charge in [-0.05, 0) is 12.8 Å². The SMILES string of the molecule is COCCN1CCC2C1CCN2C(=O)c1cscn1.O=C(O)C(F)(F)F. The summed E-state index contributed by atoms with van der Waals surface area (Å²) < 4.78 is 36.9. The number of amides is 1. The lowest BCUT2D eigenvalue weighted by Gasteiger charge is -2.25. The van der Waals surface area contributed by atoms with Gasteiger partial charge in [0.1, 0.15) is 5.69 Å². The minimum absolute atomic E-state index is 0.0994. The number of halogens is 3. The van der Waals surface area contributed by atoms with Crippen LogP contribution in [0.5, 0.6) is 0 Å². The third-order valence-corrected chi connectivity index (χ3v) is 5.02. The van der Waals surface area contributed by atoms with Gasteiger partial charge in [-0.1, -0.05) is 0 Å². The van der Waals surface area contributed by atoms with Crippen molar-refractivity contribution in [2.24, 2.45) is 0 Å². The highest BCUT2D eigenvalue weighted by Gasteiger charge is 2.44. The number of hydrogen-bond donors (Lipinski definition) is 1. The first-order valence-electron chi connectivity index (χ1n) is 7.98. The molecule has 1 N–H and O–H groups in total. The van der Waals surface area contributed by atoms with Crippen molar-refractivity contribution in [2.75, 3.05) is 33.4 Å². The summed E-state index contributed by atoms with van der Waals surface area (Å²) in [6.45, 7) is 3.66. The van der Waals surface area contributed by atoms with Crippen LogP contribution in [-0.2, 0) is 9.53 Å². The van der Waals surface area contributed by atoms with Crippen LogP contribution in [0.25, 0.3) is 0 Å². The average molecular weight is 395 g/mol. The smallest absolute Gasteiger partial charge is 0.475 e. The summed E-state index contributed by atoms with van der Waals surface area (Å²) in [5.41, 5.74) is 2.32. The van der Waals surface area contributed by atoms with Crippen molar-refractivity contribution in [3.05, 3.63) is 16.6 Å². The minimum atomic E-state index is -5.08. The number of ether oxygens (including phenoxy) is 1. The van der Waals surface area contributed by atoms with E-state index < -0.39 is 12.1 Å². The zero-order valence-electron chi connectivity index (χ0n) is 14.1. The summed E-state index contributed by atoms with van der Waals surface area (Å²) in [5, 5.41) is 8.97. The van der Waals surface area contributed by atoms with E-state index in [1.165, 1.54) is 11.3 Å². The van der Waals surface area contributed by atoms with Gasteiger partial charge in [0.15, 0.2) is 0 Å². The van der Waals surface area contributed by atoms with Crippen molar-refractivity contribution in [1.82, 2.24) is 14.8 Å². The molecule has 3 heterocycles. The molecule has 7 nitrogen and oxygen atoms in total. The van der Waals surface area contributed by atoms with Gasteiger partial charge in [0.2, 0.25) is 0 Å². The van der Waals surface area contributed by atoms with Crippen molar-refractivity contribution < 1.29 is 32.6 Å². The zero-order chi connectivity index (χ0) is 19.3. The van der Waals surface area contributed by atoms with Crippen molar-refractivity contribution >= 4 is 23.2 Å². The number of alkyl halides is 3. The lowest BCUT2D eigenvalue weighted by molar-refractivity contribution is -0.192. The summed E-state index contributed by atoms with van der Waals surface area (Å²) in [4.78, 5) is 29.9. The van der Waals surface area contributed by atoms with E-state index in [1.807, 2.05) is 10.3 Å². The van der Waals surface area contributed by atoms with Gasteiger partial charge in [0.25, 0.3) is 5.91 Å². The van der Waals surface area contributed by atoms with Crippen LogP contribution in [0.15, 0.2) is 10.9 Å². The second-order valence-corrected chi connectivity index (χ2v) is 6.63. The van der Waals surface area contributed by atoms with Crippen LogP contribution in [0.2, 0.25) is 0 Å². The first kappa shape index (κ1) is 20.6. The van der Waals surface area contributed by atoms with E-state index in [0.29, 0.717) is 17.8 Å². The molecule has 2 aliphatic heterocycles. The van der Waals surface area contributed by atoms with Gasteiger partial charge in [-0.3, -0.25) is 9.69 Å². The van der Waals surface area contributed by atoms with E-state index in [9.17, 15) is 18.0 Å². The van der Waals surface area contributed by atoms with Crippen molar-refractivity contribution in [2.45, 2.75) is 31.1 Å². The predicted octanol–water partition coefficient (Wildman–Crippen LogP) is 1.71. The van der Waals surface area contributed by atoms with Crippen LogP contribution in [0.4, 0.5) is 13.2 Å². The number of methoxy groups -OCH3 is 1. The molecule has 1 aromatic rings. The van der Waals surface area contributed by atoms with Crippen molar-refractivity contribution in [3.8, 4) is 0 Å². The molecule has 0 saturated carbocycles. The molecule has 2 atom stereocenters. The molecule has 0 radical (unpaired) electrons. The zero-order valence-corrected chi connectivity index (χ0v) is 14.9. The lowest BCUT2D eigenvalue weighted by Crippen LogP contribution is -2.40. The van der Waals surface area contributed by atoms with Crippen molar-refractivity contribution in [1.29, 1.82) is 0 Å². The van der Waals surface area contributed by atoms with Gasteiger partial charge >= 0.3 is 12.1 Å². The Morgan fingerprint density at radius 2 is 2.00 bits per heavy atom. The Morgan fingerprint density at radius 1 is 1.35 bits per heavy atom. The number of nitrogens with zero attached hydrogens (tertiary/aromatic N) is 3. The third kappa shape index (κ3) is 4.92. The molecule has 2 unspecified atom stereocenters. The summed E-state index contributed by atoms with van der Waals surface area (Å²) in [7, 11) is 1.74. The quantitative estimate of drug-likeness (QED) is 0.836. The van der Waals surface area contributed by atoms with E-state index in [1.54, 1.807) is 12.6 Å². The van der Waals surface area contributed by atoms with E-state index in [2.05, 4.69) is 9.88 Å². The number of fused-ring (bicyclic) bond motifs is 1. The molecule has 0 aliphatic carbocycles. The molecular weight excluding hydrogens is 375 g/mol. The van der Waals surface area contributed by atoms with Gasteiger partial charge in [-0.2, -0.15) is 13.2 Å². The van der Waals surface area contributed by atoms with Gasteiger partial charge in [0.05, 0.1) is 12.1 Å². The summed E-state index contributed by atoms with van der Waals surface area (Å²) in [6, 6.07) is 0.879. The molecule has 2 saturated heterocycles. The van der Waals surface area contributed by atoms with E-state index >= 15 is 0 Å². The molecule has 146 valence electrons. The van der Waals surface area contributed by atoms with E-state index in [4.69, 9.17) is 14.6 Å². The molecular formula is C15H20F3N3O4S. The summed E-state index contributed by atoms with van der Waals surface area (Å²) >= 11 is 1.48. The van der Waals surface area contributed by atoms with E-state index in [-0.39, 0.29) is 5.91 Å². The molecule has 1 aromatic heterocycles. The Balaban J connectivity index is 0.000000298. The fourth-order valence-electron chi connectivity index (χ4n) is 3.28. The molecule has 3 rings (SSSR count). The normalized spacial score (nSPS) is 22.7. The number of carbonyl (C=O) groups excluding carboxylic acids is 1. The van der Waals surface area contributed by atoms with Gasteiger partial charge in [-0.15, -0.1) is 11.3 Å². The van der Waals surface area contributed by atoms with Gasteiger partial charge in [-0.25, -0.2) is 9.78 Å². The van der Waals surface area contributed by atoms with Gasteiger partial charge < -0.3 is 14.7 Å². The van der Waals surface area contributed by atoms with Crippen LogP contribution in [-0.4, -0.2) is 83.4 Å². The maximum absolute atomic E-state index is 12.4. The Kier molecular flexibility index (Phi) is 6.95. The molecule has 2 fully saturated rings. The van der Waals surface area contributed by atoms with E-state index in [0.717, 1.165) is 39.1 Å². The summed E-state index contributed by atoms with van der Waals surface area (Å²) in [6.07, 6.45) is -2.94. The number of rotatable bonds is 4. The maximum Gasteiger partial charge on any atom is 0.490 e. The third-order valence-electron chi connectivity index (χ3n) is 4.43. The molecule has 2 aliphatic rings. The van der Waals surface area contributed by atoms with Crippen LogP contribution < -0.4 is 0 Å². The molecule has 11 heteroatoms. The Hall–Kier alpha value is -1.72. The number of aromatic nitrogens is 1. The number of carboxylic acids is 1. The van der Waals surface area contributed by atoms with Crippen LogP contribution >= 0.6 is 11.3 Å². The summed E-state index contributed by atoms with van der Waals surface area (Å²) in [5.74, 6) is -2.66.